The summed E-state index contributed by atoms with van der Waals surface area (Å²) in [6, 6.07) is 3.62. The van der Waals surface area contributed by atoms with Gasteiger partial charge in [-0.1, -0.05) is 15.9 Å². The first kappa shape index (κ1) is 13.6. The van der Waals surface area contributed by atoms with Crippen molar-refractivity contribution in [3.8, 4) is 5.75 Å². The summed E-state index contributed by atoms with van der Waals surface area (Å²) in [5, 5.41) is 0. The predicted octanol–water partition coefficient (Wildman–Crippen LogP) is 2.78. The molecule has 2 amide bonds. The molecule has 1 heterocycles. The zero-order valence-electron chi connectivity index (χ0n) is 9.07. The molecule has 1 aliphatic heterocycles. The maximum Gasteiger partial charge on any atom is 0.573 e. The number of carbonyl (C=O) groups is 2. The molecule has 0 fully saturated rings. The molecule has 1 aromatic rings. The van der Waals surface area contributed by atoms with Crippen LogP contribution in [-0.4, -0.2) is 18.2 Å². The van der Waals surface area contributed by atoms with Crippen LogP contribution in [0, 0.1) is 0 Å². The lowest BCUT2D eigenvalue weighted by atomic mass is 10.2. The number of imide groups is 1. The summed E-state index contributed by atoms with van der Waals surface area (Å²) in [4.78, 5) is 23.5. The Morgan fingerprint density at radius 3 is 2.21 bits per heavy atom. The number of carbonyl (C=O) groups excluding carboxylic acids is 2. The van der Waals surface area contributed by atoms with E-state index in [9.17, 15) is 22.8 Å². The fourth-order valence-corrected chi connectivity index (χ4v) is 1.86. The van der Waals surface area contributed by atoms with Crippen molar-refractivity contribution in [1.82, 2.24) is 0 Å². The van der Waals surface area contributed by atoms with Crippen LogP contribution in [0.4, 0.5) is 18.9 Å². The Morgan fingerprint density at radius 1 is 1.11 bits per heavy atom. The monoisotopic (exact) mass is 335 g/mol. The average Bonchev–Trinajstić information content (AvgIpc) is 2.58. The zero-order valence-corrected chi connectivity index (χ0v) is 10.7. The van der Waals surface area contributed by atoms with Gasteiger partial charge in [-0.3, -0.25) is 9.59 Å². The summed E-state index contributed by atoms with van der Waals surface area (Å²) in [5.74, 6) is -2.08. The lowest BCUT2D eigenvalue weighted by Gasteiger charge is -2.19. The van der Waals surface area contributed by atoms with Crippen LogP contribution in [0.1, 0.15) is 0 Å². The van der Waals surface area contributed by atoms with Gasteiger partial charge in [-0.05, 0) is 18.2 Å². The van der Waals surface area contributed by atoms with Gasteiger partial charge in [0.25, 0.3) is 11.8 Å². The van der Waals surface area contributed by atoms with E-state index in [2.05, 4.69) is 20.7 Å². The molecule has 0 N–H and O–H groups in total. The Labute approximate surface area is 113 Å². The molecule has 0 spiro atoms. The normalized spacial score (nSPS) is 15.3. The number of amides is 2. The number of hydrogen-bond donors (Lipinski definition) is 0. The lowest BCUT2D eigenvalue weighted by molar-refractivity contribution is -0.274. The minimum atomic E-state index is -4.92. The average molecular weight is 336 g/mol. The molecule has 0 aromatic heterocycles. The molecule has 0 saturated carbocycles. The van der Waals surface area contributed by atoms with Gasteiger partial charge >= 0.3 is 6.36 Å². The van der Waals surface area contributed by atoms with Crippen molar-refractivity contribution < 1.29 is 27.5 Å². The molecule has 0 aliphatic carbocycles. The highest BCUT2D eigenvalue weighted by atomic mass is 79.9. The van der Waals surface area contributed by atoms with Gasteiger partial charge in [-0.2, -0.15) is 0 Å². The third kappa shape index (κ3) is 2.95. The van der Waals surface area contributed by atoms with Gasteiger partial charge in [0.15, 0.2) is 5.75 Å². The molecule has 19 heavy (non-hydrogen) atoms. The van der Waals surface area contributed by atoms with E-state index in [1.807, 2.05) is 0 Å². The second-order valence-electron chi connectivity index (χ2n) is 3.51. The Bertz CT molecular complexity index is 565. The van der Waals surface area contributed by atoms with Crippen molar-refractivity contribution in [2.45, 2.75) is 6.36 Å². The summed E-state index contributed by atoms with van der Waals surface area (Å²) in [6.07, 6.45) is -2.97. The smallest absolute Gasteiger partial charge is 0.403 e. The van der Waals surface area contributed by atoms with Gasteiger partial charge in [-0.25, -0.2) is 4.90 Å². The van der Waals surface area contributed by atoms with E-state index < -0.39 is 23.9 Å². The summed E-state index contributed by atoms with van der Waals surface area (Å²) in [6.45, 7) is 0. The highest BCUT2D eigenvalue weighted by molar-refractivity contribution is 9.10. The Morgan fingerprint density at radius 2 is 1.68 bits per heavy atom. The molecule has 1 aliphatic rings. The van der Waals surface area contributed by atoms with Crippen LogP contribution in [0.3, 0.4) is 0 Å². The number of hydrogen-bond acceptors (Lipinski definition) is 3. The quantitative estimate of drug-likeness (QED) is 0.781. The number of nitrogens with zero attached hydrogens (tertiary/aromatic N) is 1. The molecule has 4 nitrogen and oxygen atoms in total. The maximum absolute atomic E-state index is 12.3. The summed E-state index contributed by atoms with van der Waals surface area (Å²) in [5.41, 5.74) is -0.263. The molecule has 1 aromatic carbocycles. The van der Waals surface area contributed by atoms with Gasteiger partial charge in [-0.15, -0.1) is 13.2 Å². The van der Waals surface area contributed by atoms with Crippen molar-refractivity contribution >= 4 is 33.4 Å². The topological polar surface area (TPSA) is 46.6 Å². The van der Waals surface area contributed by atoms with E-state index in [0.717, 1.165) is 18.2 Å². The molecule has 0 unspecified atom stereocenters. The fourth-order valence-electron chi connectivity index (χ4n) is 1.52. The summed E-state index contributed by atoms with van der Waals surface area (Å²) in [7, 11) is 0. The predicted molar refractivity (Wildman–Crippen MR) is 62.5 cm³/mol. The van der Waals surface area contributed by atoms with E-state index in [1.165, 1.54) is 12.1 Å². The van der Waals surface area contributed by atoms with Crippen LogP contribution in [0.25, 0.3) is 0 Å². The first-order chi connectivity index (χ1) is 8.78. The number of benzene rings is 1. The maximum atomic E-state index is 12.3. The number of alkyl halides is 3. The number of ether oxygens (including phenoxy) is 1. The number of anilines is 1. The van der Waals surface area contributed by atoms with Gasteiger partial charge in [0, 0.05) is 16.6 Å². The molecule has 0 atom stereocenters. The molecular formula is C11H5BrF3NO3. The number of rotatable bonds is 2. The number of halogens is 4. The largest absolute Gasteiger partial charge is 0.573 e. The third-order valence-corrected chi connectivity index (χ3v) is 2.69. The zero-order chi connectivity index (χ0) is 14.2. The highest BCUT2D eigenvalue weighted by Crippen LogP contribution is 2.36. The summed E-state index contributed by atoms with van der Waals surface area (Å²) < 4.78 is 41.0. The Kier molecular flexibility index (Phi) is 3.36. The van der Waals surface area contributed by atoms with Crippen LogP contribution in [0.5, 0.6) is 5.75 Å². The minimum Gasteiger partial charge on any atom is -0.403 e. The fraction of sp³-hybridized carbons (Fsp3) is 0.0909. The van der Waals surface area contributed by atoms with Crippen LogP contribution in [0.2, 0.25) is 0 Å². The van der Waals surface area contributed by atoms with Crippen molar-refractivity contribution in [3.05, 3.63) is 34.8 Å². The molecule has 2 rings (SSSR count). The van der Waals surface area contributed by atoms with Gasteiger partial charge in [0.05, 0.1) is 5.69 Å². The van der Waals surface area contributed by atoms with Gasteiger partial charge < -0.3 is 4.74 Å². The first-order valence-corrected chi connectivity index (χ1v) is 5.68. The van der Waals surface area contributed by atoms with Crippen molar-refractivity contribution in [1.29, 1.82) is 0 Å². The molecule has 0 saturated heterocycles. The molecule has 0 radical (unpaired) electrons. The standard InChI is InChI=1S/C11H5BrF3NO3/c12-6-1-2-7(8(5-6)19-11(13,14)15)16-9(17)3-4-10(16)18/h1-5H. The van der Waals surface area contributed by atoms with E-state index >= 15 is 0 Å². The van der Waals surface area contributed by atoms with E-state index in [0.29, 0.717) is 9.37 Å². The molecule has 100 valence electrons. The molecule has 0 bridgehead atoms. The van der Waals surface area contributed by atoms with Crippen LogP contribution < -0.4 is 9.64 Å². The van der Waals surface area contributed by atoms with E-state index in [1.54, 1.807) is 0 Å². The van der Waals surface area contributed by atoms with Crippen LogP contribution >= 0.6 is 15.9 Å². The molecular weight excluding hydrogens is 331 g/mol. The van der Waals surface area contributed by atoms with Gasteiger partial charge in [0.2, 0.25) is 0 Å². The summed E-state index contributed by atoms with van der Waals surface area (Å²) >= 11 is 2.99. The van der Waals surface area contributed by atoms with E-state index in [-0.39, 0.29) is 5.69 Å². The second kappa shape index (κ2) is 4.69. The van der Waals surface area contributed by atoms with Crippen molar-refractivity contribution in [2.75, 3.05) is 4.90 Å². The van der Waals surface area contributed by atoms with Gasteiger partial charge in [0.1, 0.15) is 0 Å². The SMILES string of the molecule is O=C1C=CC(=O)N1c1ccc(Br)cc1OC(F)(F)F. The van der Waals surface area contributed by atoms with Crippen molar-refractivity contribution in [2.24, 2.45) is 0 Å². The minimum absolute atomic E-state index is 0.263. The third-order valence-electron chi connectivity index (χ3n) is 2.20. The second-order valence-corrected chi connectivity index (χ2v) is 4.42. The first-order valence-electron chi connectivity index (χ1n) is 4.89. The Hall–Kier alpha value is -1.83. The highest BCUT2D eigenvalue weighted by Gasteiger charge is 2.35. The van der Waals surface area contributed by atoms with Crippen LogP contribution in [0.15, 0.2) is 34.8 Å². The molecule has 8 heteroatoms. The van der Waals surface area contributed by atoms with E-state index in [4.69, 9.17) is 0 Å². The lowest BCUT2D eigenvalue weighted by Crippen LogP contribution is -2.30. The van der Waals surface area contributed by atoms with Crippen molar-refractivity contribution in [3.63, 3.8) is 0 Å². The Balaban J connectivity index is 2.46. The van der Waals surface area contributed by atoms with Crippen LogP contribution in [-0.2, 0) is 9.59 Å².